The minimum Gasteiger partial charge on any atom is -0.428 e. The Hall–Kier alpha value is -1.61. The average molecular weight is 220 g/mol. The lowest BCUT2D eigenvalue weighted by Gasteiger charge is -2.17. The van der Waals surface area contributed by atoms with Gasteiger partial charge < -0.3 is 9.47 Å². The van der Waals surface area contributed by atoms with Crippen LogP contribution >= 0.6 is 0 Å². The Kier molecular flexibility index (Phi) is 4.73. The summed E-state index contributed by atoms with van der Waals surface area (Å²) < 4.78 is 10.5. The quantitative estimate of drug-likeness (QED) is 0.435. The summed E-state index contributed by atoms with van der Waals surface area (Å²) in [5, 5.41) is 0. The summed E-state index contributed by atoms with van der Waals surface area (Å²) in [6.07, 6.45) is -0.657. The van der Waals surface area contributed by atoms with E-state index in [-0.39, 0.29) is 0 Å². The molecule has 3 heteroatoms. The van der Waals surface area contributed by atoms with Gasteiger partial charge in [0.2, 0.25) is 6.29 Å². The number of benzene rings is 1. The molecule has 0 amide bonds. The van der Waals surface area contributed by atoms with E-state index < -0.39 is 12.3 Å². The molecule has 16 heavy (non-hydrogen) atoms. The number of carbonyl (C=O) groups is 1. The second-order valence-corrected chi connectivity index (χ2v) is 3.38. The Morgan fingerprint density at radius 1 is 1.38 bits per heavy atom. The van der Waals surface area contributed by atoms with Gasteiger partial charge in [0.1, 0.15) is 0 Å². The highest BCUT2D eigenvalue weighted by molar-refractivity contribution is 5.87. The van der Waals surface area contributed by atoms with Crippen LogP contribution in [0.2, 0.25) is 0 Å². The first-order chi connectivity index (χ1) is 7.65. The van der Waals surface area contributed by atoms with Gasteiger partial charge in [-0.15, -0.1) is 0 Å². The van der Waals surface area contributed by atoms with Gasteiger partial charge in [-0.3, -0.25) is 0 Å². The van der Waals surface area contributed by atoms with Gasteiger partial charge >= 0.3 is 5.97 Å². The molecule has 3 nitrogen and oxygen atoms in total. The molecule has 0 aliphatic rings. The van der Waals surface area contributed by atoms with E-state index in [2.05, 4.69) is 6.58 Å². The normalized spacial score (nSPS) is 11.9. The summed E-state index contributed by atoms with van der Waals surface area (Å²) in [6, 6.07) is 9.34. The fourth-order valence-electron chi connectivity index (χ4n) is 1.16. The van der Waals surface area contributed by atoms with Crippen molar-refractivity contribution in [3.63, 3.8) is 0 Å². The van der Waals surface area contributed by atoms with Crippen LogP contribution in [0.3, 0.4) is 0 Å². The molecule has 0 heterocycles. The van der Waals surface area contributed by atoms with Gasteiger partial charge in [0, 0.05) is 17.7 Å². The molecule has 1 rings (SSSR count). The maximum Gasteiger partial charge on any atom is 0.335 e. The monoisotopic (exact) mass is 220 g/mol. The summed E-state index contributed by atoms with van der Waals surface area (Å²) >= 11 is 0. The van der Waals surface area contributed by atoms with Gasteiger partial charge in [0.15, 0.2) is 0 Å². The largest absolute Gasteiger partial charge is 0.428 e. The first-order valence-corrected chi connectivity index (χ1v) is 5.18. The minimum absolute atomic E-state index is 0.362. The van der Waals surface area contributed by atoms with E-state index in [0.29, 0.717) is 12.2 Å². The fraction of sp³-hybridized carbons (Fsp3) is 0.308. The van der Waals surface area contributed by atoms with Crippen molar-refractivity contribution >= 4 is 5.97 Å². The van der Waals surface area contributed by atoms with Crippen LogP contribution in [0.4, 0.5) is 0 Å². The van der Waals surface area contributed by atoms with E-state index in [0.717, 1.165) is 5.56 Å². The van der Waals surface area contributed by atoms with Crippen molar-refractivity contribution in [3.8, 4) is 0 Å². The van der Waals surface area contributed by atoms with E-state index in [4.69, 9.17) is 9.47 Å². The van der Waals surface area contributed by atoms with Crippen molar-refractivity contribution in [1.29, 1.82) is 0 Å². The Morgan fingerprint density at radius 2 is 2.00 bits per heavy atom. The summed E-state index contributed by atoms with van der Waals surface area (Å²) in [5.41, 5.74) is 1.18. The smallest absolute Gasteiger partial charge is 0.335 e. The molecule has 0 bridgehead atoms. The van der Waals surface area contributed by atoms with Crippen LogP contribution in [-0.4, -0.2) is 12.6 Å². The Morgan fingerprint density at radius 3 is 2.50 bits per heavy atom. The van der Waals surface area contributed by atoms with E-state index in [1.54, 1.807) is 6.92 Å². The molecule has 0 saturated heterocycles. The molecule has 0 radical (unpaired) electrons. The zero-order valence-corrected chi connectivity index (χ0v) is 9.60. The van der Waals surface area contributed by atoms with Crippen molar-refractivity contribution < 1.29 is 14.3 Å². The predicted molar refractivity (Wildman–Crippen MR) is 61.7 cm³/mol. The third kappa shape index (κ3) is 3.51. The Bertz CT molecular complexity index is 357. The lowest BCUT2D eigenvalue weighted by atomic mass is 10.2. The number of hydrogen-bond donors (Lipinski definition) is 0. The molecule has 0 fully saturated rings. The van der Waals surface area contributed by atoms with Crippen molar-refractivity contribution in [2.45, 2.75) is 20.1 Å². The predicted octanol–water partition coefficient (Wildman–Crippen LogP) is 2.84. The van der Waals surface area contributed by atoms with E-state index >= 15 is 0 Å². The zero-order valence-electron chi connectivity index (χ0n) is 9.60. The summed E-state index contributed by atoms with van der Waals surface area (Å²) in [5.74, 6) is -0.442. The highest BCUT2D eigenvalue weighted by atomic mass is 16.7. The fourth-order valence-corrected chi connectivity index (χ4v) is 1.16. The molecular weight excluding hydrogens is 204 g/mol. The van der Waals surface area contributed by atoms with Crippen LogP contribution in [-0.2, 0) is 14.3 Å². The number of hydrogen-bond acceptors (Lipinski definition) is 3. The SMILES string of the molecule is C=C(C)C(=O)OC(OCC)c1ccccc1. The summed E-state index contributed by atoms with van der Waals surface area (Å²) in [4.78, 5) is 11.4. The van der Waals surface area contributed by atoms with Crippen LogP contribution in [0, 0.1) is 0 Å². The molecule has 0 aliphatic heterocycles. The molecule has 0 spiro atoms. The topological polar surface area (TPSA) is 35.5 Å². The molecule has 86 valence electrons. The molecular formula is C13H16O3. The van der Waals surface area contributed by atoms with Crippen LogP contribution in [0.1, 0.15) is 25.7 Å². The van der Waals surface area contributed by atoms with Crippen LogP contribution in [0.25, 0.3) is 0 Å². The van der Waals surface area contributed by atoms with Crippen molar-refractivity contribution in [3.05, 3.63) is 48.0 Å². The molecule has 0 saturated carbocycles. The highest BCUT2D eigenvalue weighted by Crippen LogP contribution is 2.19. The first kappa shape index (κ1) is 12.5. The second kappa shape index (κ2) is 6.08. The molecule has 1 aromatic rings. The third-order valence-corrected chi connectivity index (χ3v) is 1.95. The molecule has 0 aromatic heterocycles. The Balaban J connectivity index is 2.76. The summed E-state index contributed by atoms with van der Waals surface area (Å²) in [7, 11) is 0. The standard InChI is InChI=1S/C13H16O3/c1-4-15-13(16-12(14)10(2)3)11-8-6-5-7-9-11/h5-9,13H,2,4H2,1,3H3. The average Bonchev–Trinajstić information content (AvgIpc) is 2.29. The number of esters is 1. The van der Waals surface area contributed by atoms with Crippen LogP contribution < -0.4 is 0 Å². The van der Waals surface area contributed by atoms with E-state index in [9.17, 15) is 4.79 Å². The van der Waals surface area contributed by atoms with Gasteiger partial charge in [-0.1, -0.05) is 36.9 Å². The van der Waals surface area contributed by atoms with E-state index in [1.165, 1.54) is 0 Å². The Labute approximate surface area is 95.7 Å². The minimum atomic E-state index is -0.657. The van der Waals surface area contributed by atoms with Crippen molar-refractivity contribution in [2.24, 2.45) is 0 Å². The highest BCUT2D eigenvalue weighted by Gasteiger charge is 2.16. The lowest BCUT2D eigenvalue weighted by molar-refractivity contribution is -0.175. The molecule has 0 aliphatic carbocycles. The van der Waals surface area contributed by atoms with Crippen LogP contribution in [0.5, 0.6) is 0 Å². The maximum atomic E-state index is 11.4. The summed E-state index contributed by atoms with van der Waals surface area (Å²) in [6.45, 7) is 7.47. The van der Waals surface area contributed by atoms with Gasteiger partial charge in [-0.2, -0.15) is 0 Å². The lowest BCUT2D eigenvalue weighted by Crippen LogP contribution is -2.14. The second-order valence-electron chi connectivity index (χ2n) is 3.38. The molecule has 1 aromatic carbocycles. The van der Waals surface area contributed by atoms with Crippen molar-refractivity contribution in [1.82, 2.24) is 0 Å². The first-order valence-electron chi connectivity index (χ1n) is 5.18. The van der Waals surface area contributed by atoms with Crippen molar-refractivity contribution in [2.75, 3.05) is 6.61 Å². The zero-order chi connectivity index (χ0) is 12.0. The van der Waals surface area contributed by atoms with Gasteiger partial charge in [0.25, 0.3) is 0 Å². The van der Waals surface area contributed by atoms with Crippen LogP contribution in [0.15, 0.2) is 42.5 Å². The maximum absolute atomic E-state index is 11.4. The number of carbonyl (C=O) groups excluding carboxylic acids is 1. The molecule has 1 atom stereocenters. The van der Waals surface area contributed by atoms with Gasteiger partial charge in [0.05, 0.1) is 0 Å². The number of ether oxygens (including phenoxy) is 2. The molecule has 0 N–H and O–H groups in total. The number of rotatable bonds is 5. The van der Waals surface area contributed by atoms with Gasteiger partial charge in [-0.25, -0.2) is 4.79 Å². The molecule has 1 unspecified atom stereocenters. The third-order valence-electron chi connectivity index (χ3n) is 1.95. The van der Waals surface area contributed by atoms with E-state index in [1.807, 2.05) is 37.3 Å². The van der Waals surface area contributed by atoms with Gasteiger partial charge in [-0.05, 0) is 13.8 Å².